The van der Waals surface area contributed by atoms with Crippen molar-refractivity contribution in [2.75, 3.05) is 11.9 Å². The monoisotopic (exact) mass is 406 g/mol. The van der Waals surface area contributed by atoms with E-state index in [-0.39, 0.29) is 30.7 Å². The Kier molecular flexibility index (Phi) is 6.61. The van der Waals surface area contributed by atoms with Crippen molar-refractivity contribution in [2.45, 2.75) is 38.1 Å². The first kappa shape index (κ1) is 19.6. The Morgan fingerprint density at radius 2 is 2.04 bits per heavy atom. The van der Waals surface area contributed by atoms with E-state index in [0.717, 1.165) is 22.3 Å². The molecule has 2 atom stereocenters. The van der Waals surface area contributed by atoms with Gasteiger partial charge in [-0.1, -0.05) is 11.3 Å². The summed E-state index contributed by atoms with van der Waals surface area (Å²) in [4.78, 5) is 14.3. The van der Waals surface area contributed by atoms with E-state index in [1.807, 2.05) is 13.0 Å². The van der Waals surface area contributed by atoms with E-state index in [1.54, 1.807) is 11.3 Å². The highest BCUT2D eigenvalue weighted by Gasteiger charge is 2.40. The molecule has 5 nitrogen and oxygen atoms in total. The van der Waals surface area contributed by atoms with Crippen LogP contribution >= 0.6 is 47.5 Å². The molecule has 2 fully saturated rings. The standard InChI is InChI=1S/C15H18N4OS2.2ClH/c1-8-18-19-15(21-8)17-14(20)13-5-4-12(22-13)10-6-11(10)16-7-9-2-3-9;;/h4-5,9-11,16H,2-3,6-7H2,1H3,(H,17,19,20);2*1H/t10-,11-;;/m1../s1. The highest BCUT2D eigenvalue weighted by atomic mass is 35.5. The van der Waals surface area contributed by atoms with Crippen LogP contribution in [0.5, 0.6) is 0 Å². The van der Waals surface area contributed by atoms with Gasteiger partial charge in [0.2, 0.25) is 5.13 Å². The molecule has 2 N–H and O–H groups in total. The molecule has 0 spiro atoms. The van der Waals surface area contributed by atoms with Gasteiger partial charge in [0.1, 0.15) is 5.01 Å². The SMILES string of the molecule is Cc1nnc(NC(=O)c2ccc([C@@H]3C[C@H]3NCC3CC3)s2)s1.Cl.Cl. The number of halogens is 2. The molecule has 2 heterocycles. The summed E-state index contributed by atoms with van der Waals surface area (Å²) in [7, 11) is 0. The minimum Gasteiger partial charge on any atom is -0.313 e. The van der Waals surface area contributed by atoms with Crippen molar-refractivity contribution in [3.05, 3.63) is 26.9 Å². The average Bonchev–Trinajstić information content (AvgIpc) is 3.38. The van der Waals surface area contributed by atoms with E-state index in [2.05, 4.69) is 26.9 Å². The molecule has 4 rings (SSSR count). The summed E-state index contributed by atoms with van der Waals surface area (Å²) < 4.78 is 0. The summed E-state index contributed by atoms with van der Waals surface area (Å²) >= 11 is 2.99. The van der Waals surface area contributed by atoms with Crippen LogP contribution in [0.2, 0.25) is 0 Å². The molecular formula is C15H20Cl2N4OS2. The third-order valence-electron chi connectivity index (χ3n) is 4.12. The number of anilines is 1. The number of aromatic nitrogens is 2. The number of carbonyl (C=O) groups is 1. The van der Waals surface area contributed by atoms with Gasteiger partial charge in [0.05, 0.1) is 4.88 Å². The smallest absolute Gasteiger partial charge is 0.267 e. The van der Waals surface area contributed by atoms with Crippen molar-refractivity contribution in [2.24, 2.45) is 5.92 Å². The molecule has 0 bridgehead atoms. The Bertz CT molecular complexity index is 701. The van der Waals surface area contributed by atoms with Gasteiger partial charge in [-0.3, -0.25) is 10.1 Å². The highest BCUT2D eigenvalue weighted by molar-refractivity contribution is 7.16. The number of carbonyl (C=O) groups excluding carboxylic acids is 1. The number of hydrogen-bond donors (Lipinski definition) is 2. The van der Waals surface area contributed by atoms with Crippen LogP contribution in [-0.4, -0.2) is 28.7 Å². The number of nitrogens with one attached hydrogen (secondary N) is 2. The molecule has 132 valence electrons. The molecule has 2 aliphatic carbocycles. The van der Waals surface area contributed by atoms with Crippen molar-refractivity contribution in [1.29, 1.82) is 0 Å². The minimum atomic E-state index is -0.0875. The van der Waals surface area contributed by atoms with Gasteiger partial charge in [0.15, 0.2) is 0 Å². The molecule has 0 aliphatic heterocycles. The number of hydrogen-bond acceptors (Lipinski definition) is 6. The largest absolute Gasteiger partial charge is 0.313 e. The average molecular weight is 407 g/mol. The topological polar surface area (TPSA) is 66.9 Å². The van der Waals surface area contributed by atoms with Crippen molar-refractivity contribution in [3.63, 3.8) is 0 Å². The molecule has 9 heteroatoms. The van der Waals surface area contributed by atoms with Crippen LogP contribution < -0.4 is 10.6 Å². The lowest BCUT2D eigenvalue weighted by molar-refractivity contribution is 0.103. The molecule has 0 unspecified atom stereocenters. The quantitative estimate of drug-likeness (QED) is 0.763. The number of nitrogens with zero attached hydrogens (tertiary/aromatic N) is 2. The van der Waals surface area contributed by atoms with Crippen LogP contribution in [0, 0.1) is 12.8 Å². The maximum absolute atomic E-state index is 12.2. The number of rotatable bonds is 6. The van der Waals surface area contributed by atoms with E-state index in [9.17, 15) is 4.79 Å². The predicted octanol–water partition coefficient (Wildman–Crippen LogP) is 3.86. The van der Waals surface area contributed by atoms with Gasteiger partial charge in [-0.15, -0.1) is 46.3 Å². The van der Waals surface area contributed by atoms with E-state index in [4.69, 9.17) is 0 Å². The summed E-state index contributed by atoms with van der Waals surface area (Å²) in [6.07, 6.45) is 3.97. The Hall–Kier alpha value is -0.730. The summed E-state index contributed by atoms with van der Waals surface area (Å²) in [6, 6.07) is 4.62. The number of aryl methyl sites for hydroxylation is 1. The fourth-order valence-electron chi connectivity index (χ4n) is 2.56. The zero-order valence-electron chi connectivity index (χ0n) is 13.2. The van der Waals surface area contributed by atoms with Gasteiger partial charge >= 0.3 is 0 Å². The second-order valence-electron chi connectivity index (χ2n) is 6.08. The summed E-state index contributed by atoms with van der Waals surface area (Å²) in [5.41, 5.74) is 0. The molecular weight excluding hydrogens is 387 g/mol. The molecule has 24 heavy (non-hydrogen) atoms. The summed E-state index contributed by atoms with van der Waals surface area (Å²) in [6.45, 7) is 3.04. The van der Waals surface area contributed by atoms with E-state index < -0.39 is 0 Å². The van der Waals surface area contributed by atoms with E-state index >= 15 is 0 Å². The molecule has 1 amide bonds. The Labute approximate surface area is 161 Å². The highest BCUT2D eigenvalue weighted by Crippen LogP contribution is 2.44. The van der Waals surface area contributed by atoms with Gasteiger partial charge in [0.25, 0.3) is 5.91 Å². The van der Waals surface area contributed by atoms with Gasteiger partial charge in [0, 0.05) is 16.8 Å². The predicted molar refractivity (Wildman–Crippen MR) is 103 cm³/mol. The zero-order chi connectivity index (χ0) is 15.1. The summed E-state index contributed by atoms with van der Waals surface area (Å²) in [5.74, 6) is 1.42. The molecule has 2 saturated carbocycles. The fourth-order valence-corrected chi connectivity index (χ4v) is 4.22. The lowest BCUT2D eigenvalue weighted by Crippen LogP contribution is -2.20. The van der Waals surface area contributed by atoms with Crippen molar-refractivity contribution in [3.8, 4) is 0 Å². The van der Waals surface area contributed by atoms with Crippen LogP contribution in [0.25, 0.3) is 0 Å². The lowest BCUT2D eigenvalue weighted by Gasteiger charge is -2.01. The maximum atomic E-state index is 12.2. The van der Waals surface area contributed by atoms with Gasteiger partial charge in [-0.05, 0) is 50.8 Å². The molecule has 2 aliphatic rings. The third-order valence-corrected chi connectivity index (χ3v) is 6.09. The second kappa shape index (κ2) is 8.10. The number of amides is 1. The molecule has 0 saturated heterocycles. The van der Waals surface area contributed by atoms with Crippen LogP contribution in [0.1, 0.15) is 44.7 Å². The Morgan fingerprint density at radius 3 is 2.71 bits per heavy atom. The molecule has 2 aromatic rings. The van der Waals surface area contributed by atoms with Crippen LogP contribution in [0.15, 0.2) is 12.1 Å². The van der Waals surface area contributed by atoms with Crippen molar-refractivity contribution in [1.82, 2.24) is 15.5 Å². The van der Waals surface area contributed by atoms with E-state index in [0.29, 0.717) is 17.1 Å². The fraction of sp³-hybridized carbons (Fsp3) is 0.533. The summed E-state index contributed by atoms with van der Waals surface area (Å²) in [5, 5.41) is 15.7. The van der Waals surface area contributed by atoms with Crippen LogP contribution in [0.3, 0.4) is 0 Å². The van der Waals surface area contributed by atoms with E-state index in [1.165, 1.54) is 35.5 Å². The molecule has 0 aromatic carbocycles. The molecule has 2 aromatic heterocycles. The van der Waals surface area contributed by atoms with Gasteiger partial charge < -0.3 is 5.32 Å². The number of thiophene rings is 1. The normalized spacial score (nSPS) is 21.5. The Balaban J connectivity index is 0.00000104. The van der Waals surface area contributed by atoms with Crippen molar-refractivity contribution >= 4 is 58.5 Å². The van der Waals surface area contributed by atoms with Crippen LogP contribution in [-0.2, 0) is 0 Å². The molecule has 0 radical (unpaired) electrons. The Morgan fingerprint density at radius 1 is 1.25 bits per heavy atom. The van der Waals surface area contributed by atoms with Crippen molar-refractivity contribution < 1.29 is 4.79 Å². The maximum Gasteiger partial charge on any atom is 0.267 e. The second-order valence-corrected chi connectivity index (χ2v) is 8.38. The van der Waals surface area contributed by atoms with Gasteiger partial charge in [-0.2, -0.15) is 0 Å². The third kappa shape index (κ3) is 4.67. The first-order valence-corrected chi connectivity index (χ1v) is 9.27. The first-order valence-electron chi connectivity index (χ1n) is 7.63. The zero-order valence-corrected chi connectivity index (χ0v) is 16.4. The van der Waals surface area contributed by atoms with Gasteiger partial charge in [-0.25, -0.2) is 0 Å². The lowest BCUT2D eigenvalue weighted by atomic mass is 10.3. The minimum absolute atomic E-state index is 0. The van der Waals surface area contributed by atoms with Crippen LogP contribution in [0.4, 0.5) is 5.13 Å². The first-order chi connectivity index (χ1) is 10.7.